The summed E-state index contributed by atoms with van der Waals surface area (Å²) < 4.78 is 6.28. The molecule has 0 radical (unpaired) electrons. The van der Waals surface area contributed by atoms with E-state index < -0.39 is 5.54 Å². The van der Waals surface area contributed by atoms with E-state index in [2.05, 4.69) is 37.3 Å². The van der Waals surface area contributed by atoms with Gasteiger partial charge in [0.2, 0.25) is 0 Å². The van der Waals surface area contributed by atoms with E-state index in [1.54, 1.807) is 48.7 Å². The van der Waals surface area contributed by atoms with Crippen molar-refractivity contribution in [1.82, 2.24) is 15.3 Å². The number of nitriles is 2. The van der Waals surface area contributed by atoms with Crippen molar-refractivity contribution in [3.05, 3.63) is 94.4 Å². The van der Waals surface area contributed by atoms with Crippen LogP contribution in [0.3, 0.4) is 0 Å². The molecule has 134 valence electrons. The van der Waals surface area contributed by atoms with Crippen molar-refractivity contribution in [2.75, 3.05) is 0 Å². The monoisotopic (exact) mass is 429 g/mol. The molecule has 0 saturated carbocycles. The lowest BCUT2D eigenvalue weighted by molar-refractivity contribution is 0.525. The summed E-state index contributed by atoms with van der Waals surface area (Å²) in [6.45, 7) is 0. The molecular weight excluding hydrogens is 418 g/mol. The summed E-state index contributed by atoms with van der Waals surface area (Å²) in [6, 6.07) is 18.5. The van der Waals surface area contributed by atoms with Gasteiger partial charge in [-0.3, -0.25) is 4.98 Å². The van der Waals surface area contributed by atoms with Gasteiger partial charge in [0, 0.05) is 11.8 Å². The zero-order valence-electron chi connectivity index (χ0n) is 14.4. The number of pyridine rings is 2. The number of nitrogens with zero attached hydrogens (tertiary/aromatic N) is 4. The molecule has 4 rings (SSSR count). The largest absolute Gasteiger partial charge is 0.449 e. The van der Waals surface area contributed by atoms with Crippen LogP contribution >= 0.6 is 15.9 Å². The second-order valence-electron chi connectivity index (χ2n) is 6.04. The van der Waals surface area contributed by atoms with Gasteiger partial charge in [-0.1, -0.05) is 12.1 Å². The van der Waals surface area contributed by atoms with E-state index in [-0.39, 0.29) is 5.69 Å². The molecule has 1 unspecified atom stereocenters. The molecule has 0 fully saturated rings. The third-order valence-electron chi connectivity index (χ3n) is 4.25. The Morgan fingerprint density at radius 1 is 1.07 bits per heavy atom. The van der Waals surface area contributed by atoms with Crippen LogP contribution in [0.2, 0.25) is 0 Å². The van der Waals surface area contributed by atoms with E-state index in [0.717, 1.165) is 0 Å². The molecule has 0 saturated heterocycles. The highest BCUT2D eigenvalue weighted by Crippen LogP contribution is 2.35. The number of aromatic nitrogens is 2. The van der Waals surface area contributed by atoms with Gasteiger partial charge in [-0.05, 0) is 64.5 Å². The SMILES string of the molecule is N#Cc1cccc(C2=CC(c3ccc(Br)o3)=CC(C#N)(c3ccccn3)N2)n1. The number of hydrogen-bond acceptors (Lipinski definition) is 6. The second-order valence-corrected chi connectivity index (χ2v) is 6.82. The summed E-state index contributed by atoms with van der Waals surface area (Å²) in [5, 5.41) is 22.5. The number of hydrogen-bond donors (Lipinski definition) is 1. The Hall–Kier alpha value is -3.68. The van der Waals surface area contributed by atoms with Crippen LogP contribution in [0.1, 0.15) is 22.8 Å². The minimum atomic E-state index is -1.22. The molecule has 0 amide bonds. The highest BCUT2D eigenvalue weighted by molar-refractivity contribution is 9.10. The van der Waals surface area contributed by atoms with Crippen LogP contribution in [0.4, 0.5) is 0 Å². The Labute approximate surface area is 169 Å². The Morgan fingerprint density at radius 3 is 2.64 bits per heavy atom. The van der Waals surface area contributed by atoms with Gasteiger partial charge in [0.15, 0.2) is 10.2 Å². The fraction of sp³-hybridized carbons (Fsp3) is 0.0476. The van der Waals surface area contributed by atoms with Crippen molar-refractivity contribution >= 4 is 27.2 Å². The summed E-state index contributed by atoms with van der Waals surface area (Å²) in [4.78, 5) is 8.72. The average Bonchev–Trinajstić information content (AvgIpc) is 3.20. The summed E-state index contributed by atoms with van der Waals surface area (Å²) >= 11 is 3.31. The van der Waals surface area contributed by atoms with Crippen LogP contribution in [0.15, 0.2) is 76.0 Å². The van der Waals surface area contributed by atoms with Gasteiger partial charge in [-0.2, -0.15) is 10.5 Å². The fourth-order valence-electron chi connectivity index (χ4n) is 2.96. The summed E-state index contributed by atoms with van der Waals surface area (Å²) in [5.74, 6) is 0.595. The molecule has 7 heteroatoms. The maximum Gasteiger partial charge on any atom is 0.187 e. The van der Waals surface area contributed by atoms with Crippen LogP contribution < -0.4 is 5.32 Å². The molecule has 3 aromatic rings. The quantitative estimate of drug-likeness (QED) is 0.671. The third-order valence-corrected chi connectivity index (χ3v) is 4.67. The summed E-state index contributed by atoms with van der Waals surface area (Å²) in [6.07, 6.45) is 5.26. The highest BCUT2D eigenvalue weighted by atomic mass is 79.9. The molecule has 0 spiro atoms. The average molecular weight is 430 g/mol. The van der Waals surface area contributed by atoms with Crippen molar-refractivity contribution in [1.29, 1.82) is 10.5 Å². The first-order valence-corrected chi connectivity index (χ1v) is 9.11. The van der Waals surface area contributed by atoms with Gasteiger partial charge in [-0.15, -0.1) is 0 Å². The van der Waals surface area contributed by atoms with Crippen molar-refractivity contribution in [2.45, 2.75) is 5.54 Å². The zero-order valence-corrected chi connectivity index (χ0v) is 16.0. The van der Waals surface area contributed by atoms with Crippen LogP contribution in [0.5, 0.6) is 0 Å². The number of furan rings is 1. The van der Waals surface area contributed by atoms with Crippen molar-refractivity contribution < 1.29 is 4.42 Å². The molecule has 0 bridgehead atoms. The van der Waals surface area contributed by atoms with Crippen molar-refractivity contribution in [3.63, 3.8) is 0 Å². The van der Waals surface area contributed by atoms with Crippen LogP contribution in [-0.2, 0) is 5.54 Å². The van der Waals surface area contributed by atoms with Crippen LogP contribution in [-0.4, -0.2) is 9.97 Å². The minimum absolute atomic E-state index is 0.289. The van der Waals surface area contributed by atoms with Gasteiger partial charge in [-0.25, -0.2) is 4.98 Å². The number of dihydropyridines is 1. The minimum Gasteiger partial charge on any atom is -0.449 e. The smallest absolute Gasteiger partial charge is 0.187 e. The molecule has 28 heavy (non-hydrogen) atoms. The molecule has 1 N–H and O–H groups in total. The van der Waals surface area contributed by atoms with E-state index in [1.807, 2.05) is 24.3 Å². The van der Waals surface area contributed by atoms with Crippen LogP contribution in [0.25, 0.3) is 11.3 Å². The van der Waals surface area contributed by atoms with Gasteiger partial charge in [0.25, 0.3) is 0 Å². The molecule has 1 aliphatic heterocycles. The number of halogens is 1. The highest BCUT2D eigenvalue weighted by Gasteiger charge is 2.36. The lowest BCUT2D eigenvalue weighted by atomic mass is 9.88. The van der Waals surface area contributed by atoms with E-state index in [1.165, 1.54) is 0 Å². The first kappa shape index (κ1) is 17.7. The molecule has 3 aromatic heterocycles. The van der Waals surface area contributed by atoms with Gasteiger partial charge in [0.1, 0.15) is 23.6 Å². The molecule has 4 heterocycles. The molecular formula is C21H12BrN5O. The lowest BCUT2D eigenvalue weighted by Crippen LogP contribution is -2.41. The number of allylic oxidation sites excluding steroid dienone is 2. The van der Waals surface area contributed by atoms with E-state index in [9.17, 15) is 10.5 Å². The van der Waals surface area contributed by atoms with Crippen LogP contribution in [0, 0.1) is 22.7 Å². The third kappa shape index (κ3) is 3.20. The fourth-order valence-corrected chi connectivity index (χ4v) is 3.27. The first-order chi connectivity index (χ1) is 13.6. The molecule has 0 aliphatic carbocycles. The number of rotatable bonds is 3. The maximum absolute atomic E-state index is 10.1. The topological polar surface area (TPSA) is 98.5 Å². The second kappa shape index (κ2) is 7.15. The van der Waals surface area contributed by atoms with E-state index in [0.29, 0.717) is 33.1 Å². The predicted octanol–water partition coefficient (Wildman–Crippen LogP) is 4.15. The predicted molar refractivity (Wildman–Crippen MR) is 106 cm³/mol. The van der Waals surface area contributed by atoms with E-state index in [4.69, 9.17) is 4.42 Å². The van der Waals surface area contributed by atoms with Gasteiger partial charge >= 0.3 is 0 Å². The molecule has 6 nitrogen and oxygen atoms in total. The molecule has 1 atom stereocenters. The van der Waals surface area contributed by atoms with Gasteiger partial charge < -0.3 is 9.73 Å². The summed E-state index contributed by atoms with van der Waals surface area (Å²) in [7, 11) is 0. The van der Waals surface area contributed by atoms with Crippen molar-refractivity contribution in [2.24, 2.45) is 0 Å². The van der Waals surface area contributed by atoms with E-state index >= 15 is 0 Å². The lowest BCUT2D eigenvalue weighted by Gasteiger charge is -2.30. The molecule has 1 aliphatic rings. The Kier molecular flexibility index (Phi) is 4.52. The van der Waals surface area contributed by atoms with Crippen molar-refractivity contribution in [3.8, 4) is 12.1 Å². The maximum atomic E-state index is 10.1. The van der Waals surface area contributed by atoms with Gasteiger partial charge in [0.05, 0.1) is 17.1 Å². The Balaban J connectivity index is 1.90. The Bertz CT molecular complexity index is 1180. The normalized spacial score (nSPS) is 18.2. The zero-order chi connectivity index (χ0) is 19.6. The molecule has 0 aromatic carbocycles. The summed E-state index contributed by atoms with van der Waals surface area (Å²) in [5.41, 5.74) is 1.46. The standard InChI is InChI=1S/C21H12BrN5O/c22-20-8-7-18(28-20)14-10-17(16-5-3-4-15(12-23)26-16)27-21(11-14,13-24)19-6-1-2-9-25-19/h1-11,27H. The Morgan fingerprint density at radius 2 is 1.96 bits per heavy atom. The number of nitrogens with one attached hydrogen (secondary N) is 1. The first-order valence-electron chi connectivity index (χ1n) is 8.32.